The minimum absolute atomic E-state index is 0.0728. The molecule has 0 unspecified atom stereocenters. The van der Waals surface area contributed by atoms with Crippen LogP contribution in [0.3, 0.4) is 0 Å². The van der Waals surface area contributed by atoms with Crippen LogP contribution in [0, 0.1) is 9.49 Å². The highest BCUT2D eigenvalue weighted by Gasteiger charge is 2.24. The van der Waals surface area contributed by atoms with Crippen molar-refractivity contribution < 1.29 is 19.8 Å². The summed E-state index contributed by atoms with van der Waals surface area (Å²) >= 11 is 2.16. The maximum atomic E-state index is 11.1. The first kappa shape index (κ1) is 14.9. The molecule has 5 nitrogen and oxygen atoms in total. The van der Waals surface area contributed by atoms with E-state index in [9.17, 15) is 9.59 Å². The third-order valence-corrected chi connectivity index (χ3v) is 3.32. The van der Waals surface area contributed by atoms with Gasteiger partial charge in [0.05, 0.1) is 5.92 Å². The average Bonchev–Trinajstić information content (AvgIpc) is 2.30. The fourth-order valence-corrected chi connectivity index (χ4v) is 1.94. The second-order valence-corrected chi connectivity index (χ2v) is 5.29. The summed E-state index contributed by atoms with van der Waals surface area (Å²) < 4.78 is 1.06. The van der Waals surface area contributed by atoms with Crippen LogP contribution in [-0.4, -0.2) is 28.2 Å². The van der Waals surface area contributed by atoms with Gasteiger partial charge in [-0.15, -0.1) is 0 Å². The fraction of sp³-hybridized carbons (Fsp3) is 0.333. The standard InChI is InChI=1S/C12H14INO4/c13-9-3-1-7(2-4-9)5-8(11(15)16)6-10(14)12(17)18/h1-4,8,10H,5-6,14H2,(H,15,16)(H,17,18)/t8-,10-/m0/s1/i13-2. The zero-order valence-electron chi connectivity index (χ0n) is 9.54. The van der Waals surface area contributed by atoms with Crippen molar-refractivity contribution in [3.8, 4) is 0 Å². The fourth-order valence-electron chi connectivity index (χ4n) is 1.58. The first-order valence-corrected chi connectivity index (χ1v) is 6.43. The topological polar surface area (TPSA) is 101 Å². The van der Waals surface area contributed by atoms with Crippen LogP contribution in [0.15, 0.2) is 24.3 Å². The van der Waals surface area contributed by atoms with Crippen molar-refractivity contribution in [2.45, 2.75) is 18.9 Å². The summed E-state index contributed by atoms with van der Waals surface area (Å²) in [4.78, 5) is 21.7. The van der Waals surface area contributed by atoms with Crippen LogP contribution < -0.4 is 5.73 Å². The largest absolute Gasteiger partial charge is 0.481 e. The maximum Gasteiger partial charge on any atom is 0.320 e. The number of carboxylic acid groups (broad SMARTS) is 2. The van der Waals surface area contributed by atoms with Gasteiger partial charge in [0.1, 0.15) is 6.04 Å². The van der Waals surface area contributed by atoms with Crippen LogP contribution >= 0.6 is 22.6 Å². The zero-order chi connectivity index (χ0) is 13.7. The van der Waals surface area contributed by atoms with E-state index in [4.69, 9.17) is 15.9 Å². The molecule has 0 saturated carbocycles. The van der Waals surface area contributed by atoms with Crippen LogP contribution in [0.4, 0.5) is 0 Å². The van der Waals surface area contributed by atoms with Gasteiger partial charge in [-0.1, -0.05) is 12.1 Å². The highest BCUT2D eigenvalue weighted by Crippen LogP contribution is 2.16. The molecule has 0 aliphatic carbocycles. The Morgan fingerprint density at radius 3 is 2.17 bits per heavy atom. The quantitative estimate of drug-likeness (QED) is 0.664. The number of nitrogens with two attached hydrogens (primary N) is 1. The van der Waals surface area contributed by atoms with E-state index in [1.54, 1.807) is 0 Å². The van der Waals surface area contributed by atoms with Crippen molar-refractivity contribution in [2.75, 3.05) is 0 Å². The molecule has 0 bridgehead atoms. The van der Waals surface area contributed by atoms with E-state index in [-0.39, 0.29) is 12.8 Å². The van der Waals surface area contributed by atoms with Crippen molar-refractivity contribution in [1.29, 1.82) is 0 Å². The Bertz CT molecular complexity index is 432. The molecule has 1 aromatic carbocycles. The molecular weight excluding hydrogens is 347 g/mol. The number of benzene rings is 1. The highest BCUT2D eigenvalue weighted by molar-refractivity contribution is 14.1. The van der Waals surface area contributed by atoms with Gasteiger partial charge in [-0.05, 0) is 53.1 Å². The predicted octanol–water partition coefficient (Wildman–Crippen LogP) is 1.34. The van der Waals surface area contributed by atoms with E-state index in [0.717, 1.165) is 9.13 Å². The summed E-state index contributed by atoms with van der Waals surface area (Å²) in [5.74, 6) is -2.98. The van der Waals surface area contributed by atoms with Gasteiger partial charge in [-0.25, -0.2) is 0 Å². The van der Waals surface area contributed by atoms with Crippen LogP contribution in [-0.2, 0) is 16.0 Å². The SMILES string of the molecule is N[C@@H](C[C@H](Cc1ccc([125I])cc1)C(=O)O)C(=O)O. The molecule has 0 aliphatic rings. The first-order chi connectivity index (χ1) is 8.40. The van der Waals surface area contributed by atoms with Crippen LogP contribution in [0.1, 0.15) is 12.0 Å². The van der Waals surface area contributed by atoms with Crippen LogP contribution in [0.2, 0.25) is 0 Å². The Hall–Kier alpha value is -1.15. The van der Waals surface area contributed by atoms with E-state index in [1.807, 2.05) is 24.3 Å². The minimum atomic E-state index is -1.18. The summed E-state index contributed by atoms with van der Waals surface area (Å²) in [6, 6.07) is 6.29. The molecule has 18 heavy (non-hydrogen) atoms. The number of halogens is 1. The average molecular weight is 361 g/mol. The number of aliphatic carboxylic acids is 2. The normalized spacial score (nSPS) is 13.9. The van der Waals surface area contributed by atoms with Gasteiger partial charge in [-0.3, -0.25) is 9.59 Å². The van der Waals surface area contributed by atoms with Crippen molar-refractivity contribution in [2.24, 2.45) is 11.7 Å². The zero-order valence-corrected chi connectivity index (χ0v) is 11.7. The number of hydrogen-bond acceptors (Lipinski definition) is 3. The molecule has 0 saturated heterocycles. The van der Waals surface area contributed by atoms with E-state index in [2.05, 4.69) is 22.6 Å². The Balaban J connectivity index is 2.71. The Labute approximate surface area is 118 Å². The molecule has 0 spiro atoms. The molecule has 0 aromatic heterocycles. The Kier molecular flexibility index (Phi) is 5.54. The van der Waals surface area contributed by atoms with Crippen molar-refractivity contribution in [1.82, 2.24) is 0 Å². The molecule has 0 amide bonds. The smallest absolute Gasteiger partial charge is 0.320 e. The number of carbonyl (C=O) groups is 2. The highest BCUT2D eigenvalue weighted by atomic mass is 125. The molecule has 0 heterocycles. The Morgan fingerprint density at radius 2 is 1.72 bits per heavy atom. The molecule has 4 N–H and O–H groups in total. The monoisotopic (exact) mass is 361 g/mol. The summed E-state index contributed by atoms with van der Waals surface area (Å²) in [5.41, 5.74) is 6.23. The van der Waals surface area contributed by atoms with Crippen LogP contribution in [0.5, 0.6) is 0 Å². The molecule has 1 rings (SSSR count). The second kappa shape index (κ2) is 6.69. The molecule has 6 heteroatoms. The van der Waals surface area contributed by atoms with Gasteiger partial charge >= 0.3 is 11.9 Å². The summed E-state index contributed by atoms with van der Waals surface area (Å²) in [5, 5.41) is 17.8. The van der Waals surface area contributed by atoms with Crippen LogP contribution in [0.25, 0.3) is 0 Å². The van der Waals surface area contributed by atoms with Gasteiger partial charge in [-0.2, -0.15) is 0 Å². The molecule has 98 valence electrons. The first-order valence-electron chi connectivity index (χ1n) is 5.35. The number of hydrogen-bond donors (Lipinski definition) is 3. The van der Waals surface area contributed by atoms with Gasteiger partial charge in [0.25, 0.3) is 0 Å². The molecular formula is C12H14INO4. The van der Waals surface area contributed by atoms with Crippen molar-refractivity contribution in [3.63, 3.8) is 0 Å². The molecule has 2 atom stereocenters. The Morgan fingerprint density at radius 1 is 1.17 bits per heavy atom. The van der Waals surface area contributed by atoms with Gasteiger partial charge in [0.2, 0.25) is 0 Å². The van der Waals surface area contributed by atoms with E-state index >= 15 is 0 Å². The number of rotatable bonds is 6. The summed E-state index contributed by atoms with van der Waals surface area (Å²) in [6.45, 7) is 0. The van der Waals surface area contributed by atoms with Gasteiger partial charge in [0.15, 0.2) is 0 Å². The lowest BCUT2D eigenvalue weighted by Gasteiger charge is -2.14. The third-order valence-electron chi connectivity index (χ3n) is 2.60. The molecule has 0 radical (unpaired) electrons. The minimum Gasteiger partial charge on any atom is -0.481 e. The van der Waals surface area contributed by atoms with Crippen molar-refractivity contribution >= 4 is 34.5 Å². The van der Waals surface area contributed by atoms with E-state index < -0.39 is 23.9 Å². The molecule has 1 aromatic rings. The lowest BCUT2D eigenvalue weighted by atomic mass is 9.93. The predicted molar refractivity (Wildman–Crippen MR) is 74.2 cm³/mol. The van der Waals surface area contributed by atoms with E-state index in [1.165, 1.54) is 0 Å². The molecule has 0 aliphatic heterocycles. The lowest BCUT2D eigenvalue weighted by Crippen LogP contribution is -2.35. The number of carboxylic acids is 2. The third kappa shape index (κ3) is 4.61. The van der Waals surface area contributed by atoms with Gasteiger partial charge in [0, 0.05) is 3.57 Å². The maximum absolute atomic E-state index is 11.1. The van der Waals surface area contributed by atoms with E-state index in [0.29, 0.717) is 0 Å². The van der Waals surface area contributed by atoms with Crippen molar-refractivity contribution in [3.05, 3.63) is 33.4 Å². The lowest BCUT2D eigenvalue weighted by molar-refractivity contribution is -0.143. The summed E-state index contributed by atoms with van der Waals surface area (Å²) in [7, 11) is 0. The summed E-state index contributed by atoms with van der Waals surface area (Å²) in [6.07, 6.45) is 0.212. The second-order valence-electron chi connectivity index (χ2n) is 4.05. The molecule has 0 fully saturated rings. The van der Waals surface area contributed by atoms with Gasteiger partial charge < -0.3 is 15.9 Å².